The first kappa shape index (κ1) is 14.3. The lowest BCUT2D eigenvalue weighted by Crippen LogP contribution is -2.26. The topological polar surface area (TPSA) is 12.0 Å². The van der Waals surface area contributed by atoms with Gasteiger partial charge in [-0.3, -0.25) is 0 Å². The third-order valence-corrected chi connectivity index (χ3v) is 4.32. The van der Waals surface area contributed by atoms with E-state index in [9.17, 15) is 0 Å². The van der Waals surface area contributed by atoms with E-state index in [1.807, 2.05) is 11.3 Å². The lowest BCUT2D eigenvalue weighted by Gasteiger charge is -2.21. The lowest BCUT2D eigenvalue weighted by atomic mass is 10.0. The molecule has 0 aliphatic carbocycles. The number of hydrogen-bond acceptors (Lipinski definition) is 2. The quantitative estimate of drug-likeness (QED) is 0.723. The number of aryl methyl sites for hydroxylation is 1. The van der Waals surface area contributed by atoms with Crippen molar-refractivity contribution in [3.05, 3.63) is 58.3 Å². The first-order valence-corrected chi connectivity index (χ1v) is 7.96. The van der Waals surface area contributed by atoms with E-state index >= 15 is 0 Å². The van der Waals surface area contributed by atoms with E-state index < -0.39 is 0 Å². The minimum atomic E-state index is 0.496. The van der Waals surface area contributed by atoms with Gasteiger partial charge in [-0.25, -0.2) is 0 Å². The van der Waals surface area contributed by atoms with Crippen molar-refractivity contribution in [2.45, 2.75) is 32.7 Å². The highest BCUT2D eigenvalue weighted by Crippen LogP contribution is 2.25. The Bertz CT molecular complexity index is 447. The molecule has 19 heavy (non-hydrogen) atoms. The molecule has 1 N–H and O–H groups in total. The van der Waals surface area contributed by atoms with Gasteiger partial charge in [0.25, 0.3) is 0 Å². The molecule has 0 saturated heterocycles. The molecule has 0 radical (unpaired) electrons. The first-order valence-electron chi connectivity index (χ1n) is 7.08. The average molecular weight is 273 g/mol. The maximum absolute atomic E-state index is 3.70. The predicted octanol–water partition coefficient (Wildman–Crippen LogP) is 4.67. The fourth-order valence-corrected chi connectivity index (χ4v) is 3.30. The lowest BCUT2D eigenvalue weighted by molar-refractivity contribution is 0.415. The van der Waals surface area contributed by atoms with E-state index in [1.54, 1.807) is 0 Å². The molecule has 0 amide bonds. The van der Waals surface area contributed by atoms with Crippen LogP contribution in [0, 0.1) is 5.92 Å². The van der Waals surface area contributed by atoms with E-state index in [2.05, 4.69) is 67.0 Å². The molecule has 1 nitrogen and oxygen atoms in total. The van der Waals surface area contributed by atoms with Crippen LogP contribution >= 0.6 is 11.3 Å². The summed E-state index contributed by atoms with van der Waals surface area (Å²) < 4.78 is 0. The van der Waals surface area contributed by atoms with E-state index in [0.29, 0.717) is 12.0 Å². The van der Waals surface area contributed by atoms with Crippen LogP contribution in [-0.2, 0) is 6.42 Å². The standard InChI is InChI=1S/C17H23NS/c1-14(2)17(16-11-7-13-19-16)18-12-6-10-15-8-4-3-5-9-15/h3-5,7-9,11,13-14,17-18H,6,10,12H2,1-2H3. The van der Waals surface area contributed by atoms with Gasteiger partial charge in [-0.1, -0.05) is 50.2 Å². The summed E-state index contributed by atoms with van der Waals surface area (Å²) in [5, 5.41) is 5.87. The molecule has 1 heterocycles. The van der Waals surface area contributed by atoms with Crippen molar-refractivity contribution in [3.8, 4) is 0 Å². The number of rotatable bonds is 7. The Morgan fingerprint density at radius 2 is 1.84 bits per heavy atom. The Morgan fingerprint density at radius 1 is 1.05 bits per heavy atom. The smallest absolute Gasteiger partial charge is 0.0438 e. The molecule has 0 aliphatic heterocycles. The zero-order chi connectivity index (χ0) is 13.5. The number of benzene rings is 1. The van der Waals surface area contributed by atoms with E-state index in [-0.39, 0.29) is 0 Å². The third kappa shape index (κ3) is 4.48. The summed E-state index contributed by atoms with van der Waals surface area (Å²) in [5.41, 5.74) is 1.43. The van der Waals surface area contributed by atoms with Gasteiger partial charge in [-0.2, -0.15) is 0 Å². The molecule has 0 fully saturated rings. The second-order valence-electron chi connectivity index (χ2n) is 5.28. The van der Waals surface area contributed by atoms with Crippen LogP contribution in [0.2, 0.25) is 0 Å². The Hall–Kier alpha value is -1.12. The van der Waals surface area contributed by atoms with Crippen molar-refractivity contribution >= 4 is 11.3 Å². The summed E-state index contributed by atoms with van der Waals surface area (Å²) in [6.45, 7) is 5.65. The molecule has 1 atom stereocenters. The highest BCUT2D eigenvalue weighted by molar-refractivity contribution is 7.10. The van der Waals surface area contributed by atoms with Gasteiger partial charge in [-0.05, 0) is 42.3 Å². The van der Waals surface area contributed by atoms with Gasteiger partial charge in [0.2, 0.25) is 0 Å². The molecular weight excluding hydrogens is 250 g/mol. The van der Waals surface area contributed by atoms with Crippen molar-refractivity contribution in [2.24, 2.45) is 5.92 Å². The van der Waals surface area contributed by atoms with Gasteiger partial charge >= 0.3 is 0 Å². The number of nitrogens with one attached hydrogen (secondary N) is 1. The highest BCUT2D eigenvalue weighted by Gasteiger charge is 2.15. The van der Waals surface area contributed by atoms with Crippen LogP contribution < -0.4 is 5.32 Å². The third-order valence-electron chi connectivity index (χ3n) is 3.37. The van der Waals surface area contributed by atoms with Gasteiger partial charge in [0.05, 0.1) is 0 Å². The van der Waals surface area contributed by atoms with Crippen LogP contribution in [0.1, 0.15) is 36.8 Å². The summed E-state index contributed by atoms with van der Waals surface area (Å²) >= 11 is 1.85. The Kier molecular flexibility index (Phi) is 5.62. The minimum absolute atomic E-state index is 0.496. The Labute approximate surface area is 120 Å². The molecule has 0 spiro atoms. The first-order chi connectivity index (χ1) is 9.27. The van der Waals surface area contributed by atoms with Gasteiger partial charge in [0.1, 0.15) is 0 Å². The van der Waals surface area contributed by atoms with Crippen molar-refractivity contribution in [1.29, 1.82) is 0 Å². The fourth-order valence-electron chi connectivity index (χ4n) is 2.33. The monoisotopic (exact) mass is 273 g/mol. The van der Waals surface area contributed by atoms with Crippen molar-refractivity contribution in [1.82, 2.24) is 5.32 Å². The highest BCUT2D eigenvalue weighted by atomic mass is 32.1. The summed E-state index contributed by atoms with van der Waals surface area (Å²) in [5.74, 6) is 0.635. The normalized spacial score (nSPS) is 12.8. The van der Waals surface area contributed by atoms with E-state index in [4.69, 9.17) is 0 Å². The van der Waals surface area contributed by atoms with Gasteiger partial charge in [-0.15, -0.1) is 11.3 Å². The molecule has 2 aromatic rings. The van der Waals surface area contributed by atoms with Crippen LogP contribution in [0.15, 0.2) is 47.8 Å². The largest absolute Gasteiger partial charge is 0.309 e. The Balaban J connectivity index is 1.77. The van der Waals surface area contributed by atoms with Gasteiger partial charge in [0.15, 0.2) is 0 Å². The molecule has 1 aromatic carbocycles. The van der Waals surface area contributed by atoms with Gasteiger partial charge < -0.3 is 5.32 Å². The second kappa shape index (κ2) is 7.46. The van der Waals surface area contributed by atoms with Crippen LogP contribution in [0.3, 0.4) is 0 Å². The zero-order valence-corrected chi connectivity index (χ0v) is 12.6. The molecule has 102 valence electrons. The molecule has 1 unspecified atom stereocenters. The van der Waals surface area contributed by atoms with Crippen molar-refractivity contribution in [2.75, 3.05) is 6.54 Å². The van der Waals surface area contributed by atoms with Crippen LogP contribution in [0.5, 0.6) is 0 Å². The molecular formula is C17H23NS. The molecule has 2 heteroatoms. The SMILES string of the molecule is CC(C)C(NCCCc1ccccc1)c1cccs1. The second-order valence-corrected chi connectivity index (χ2v) is 6.26. The van der Waals surface area contributed by atoms with E-state index in [1.165, 1.54) is 16.9 Å². The molecule has 0 saturated carbocycles. The van der Waals surface area contributed by atoms with Crippen LogP contribution in [0.25, 0.3) is 0 Å². The van der Waals surface area contributed by atoms with Crippen molar-refractivity contribution in [3.63, 3.8) is 0 Å². The maximum atomic E-state index is 3.70. The predicted molar refractivity (Wildman–Crippen MR) is 84.7 cm³/mol. The summed E-state index contributed by atoms with van der Waals surface area (Å²) in [4.78, 5) is 1.45. The van der Waals surface area contributed by atoms with Crippen LogP contribution in [-0.4, -0.2) is 6.54 Å². The number of hydrogen-bond donors (Lipinski definition) is 1. The summed E-state index contributed by atoms with van der Waals surface area (Å²) in [6.07, 6.45) is 2.35. The van der Waals surface area contributed by atoms with Gasteiger partial charge in [0, 0.05) is 10.9 Å². The molecule has 1 aromatic heterocycles. The summed E-state index contributed by atoms with van der Waals surface area (Å²) in [6, 6.07) is 15.6. The molecule has 2 rings (SSSR count). The zero-order valence-electron chi connectivity index (χ0n) is 11.8. The molecule has 0 bridgehead atoms. The average Bonchev–Trinajstić information content (AvgIpc) is 2.93. The summed E-state index contributed by atoms with van der Waals surface area (Å²) in [7, 11) is 0. The maximum Gasteiger partial charge on any atom is 0.0438 e. The van der Waals surface area contributed by atoms with E-state index in [0.717, 1.165) is 13.0 Å². The Morgan fingerprint density at radius 3 is 2.47 bits per heavy atom. The number of thiophene rings is 1. The van der Waals surface area contributed by atoms with Crippen LogP contribution in [0.4, 0.5) is 0 Å². The van der Waals surface area contributed by atoms with Crippen molar-refractivity contribution < 1.29 is 0 Å². The fraction of sp³-hybridized carbons (Fsp3) is 0.412. The molecule has 0 aliphatic rings. The minimum Gasteiger partial charge on any atom is -0.309 e.